The fourth-order valence-electron chi connectivity index (χ4n) is 11.7. The van der Waals surface area contributed by atoms with Gasteiger partial charge in [-0.15, -0.1) is 68.0 Å². The number of rotatable bonds is 6. The topological polar surface area (TPSA) is 0 Å². The molecule has 0 amide bonds. The quantitative estimate of drug-likeness (QED) is 0.156. The summed E-state index contributed by atoms with van der Waals surface area (Å²) in [5, 5.41) is 1.83. The van der Waals surface area contributed by atoms with E-state index in [1.807, 2.05) is 0 Å². The molecule has 8 heteroatoms. The second kappa shape index (κ2) is 15.3. The molecule has 14 rings (SSSR count). The zero-order valence-electron chi connectivity index (χ0n) is 39.1. The molecule has 70 heavy (non-hydrogen) atoms. The molecule has 340 valence electrons. The van der Waals surface area contributed by atoms with Gasteiger partial charge in [-0.3, -0.25) is 0 Å². The van der Waals surface area contributed by atoms with Crippen molar-refractivity contribution in [3.63, 3.8) is 0 Å². The van der Waals surface area contributed by atoms with E-state index in [-0.39, 0.29) is 11.6 Å². The third kappa shape index (κ3) is 5.80. The molecule has 0 unspecified atom stereocenters. The molecule has 2 aliphatic carbocycles. The maximum Gasteiger partial charge on any atom is 0.149 e. The molecular formula is C62H42F2S6. The smallest absolute Gasteiger partial charge is 0.149 e. The van der Waals surface area contributed by atoms with E-state index in [1.54, 1.807) is 68.0 Å². The Kier molecular flexibility index (Phi) is 9.42. The van der Waals surface area contributed by atoms with Gasteiger partial charge >= 0.3 is 0 Å². The minimum atomic E-state index is -0.886. The van der Waals surface area contributed by atoms with Crippen molar-refractivity contribution < 1.29 is 8.78 Å². The number of hydrogen-bond donors (Lipinski definition) is 0. The average molecular weight is 1020 g/mol. The lowest BCUT2D eigenvalue weighted by atomic mass is 9.66. The minimum absolute atomic E-state index is 0.167. The van der Waals surface area contributed by atoms with Gasteiger partial charge in [0, 0.05) is 61.3 Å². The van der Waals surface area contributed by atoms with E-state index >= 15 is 8.78 Å². The largest absolute Gasteiger partial charge is 0.205 e. The number of aryl methyl sites for hydroxylation is 6. The van der Waals surface area contributed by atoms with Gasteiger partial charge in [0.05, 0.1) is 29.6 Å². The van der Waals surface area contributed by atoms with Crippen molar-refractivity contribution >= 4 is 97.6 Å². The summed E-state index contributed by atoms with van der Waals surface area (Å²) in [5.74, 6) is -0.334. The molecule has 2 aliphatic rings. The van der Waals surface area contributed by atoms with Crippen molar-refractivity contribution in [1.29, 1.82) is 0 Å². The summed E-state index contributed by atoms with van der Waals surface area (Å²) in [5.41, 5.74) is 12.7. The number of fused-ring (bicyclic) bond motifs is 11. The van der Waals surface area contributed by atoms with Gasteiger partial charge in [-0.2, -0.15) is 0 Å². The fourth-order valence-corrected chi connectivity index (χ4v) is 19.0. The Balaban J connectivity index is 1.15. The van der Waals surface area contributed by atoms with Crippen LogP contribution >= 0.6 is 68.0 Å². The van der Waals surface area contributed by atoms with Crippen LogP contribution in [0.3, 0.4) is 0 Å². The van der Waals surface area contributed by atoms with Gasteiger partial charge < -0.3 is 0 Å². The molecule has 0 nitrogen and oxygen atoms in total. The second-order valence-corrected chi connectivity index (χ2v) is 26.1. The Hall–Kier alpha value is -5.84. The van der Waals surface area contributed by atoms with Crippen LogP contribution in [0.5, 0.6) is 0 Å². The van der Waals surface area contributed by atoms with Crippen molar-refractivity contribution in [1.82, 2.24) is 0 Å². The predicted octanol–water partition coefficient (Wildman–Crippen LogP) is 19.7. The van der Waals surface area contributed by atoms with E-state index in [4.69, 9.17) is 0 Å². The zero-order valence-corrected chi connectivity index (χ0v) is 44.0. The summed E-state index contributed by atoms with van der Waals surface area (Å²) in [4.78, 5) is 8.84. The van der Waals surface area contributed by atoms with E-state index in [0.29, 0.717) is 20.5 Å². The molecule has 0 bridgehead atoms. The summed E-state index contributed by atoms with van der Waals surface area (Å²) < 4.78 is 40.5. The van der Waals surface area contributed by atoms with Crippen LogP contribution < -0.4 is 0 Å². The van der Waals surface area contributed by atoms with Crippen LogP contribution in [0.4, 0.5) is 8.78 Å². The second-order valence-electron chi connectivity index (χ2n) is 19.3. The monoisotopic (exact) mass is 1020 g/mol. The van der Waals surface area contributed by atoms with Crippen molar-refractivity contribution in [2.45, 2.75) is 52.4 Å². The Morgan fingerprint density at radius 3 is 0.957 bits per heavy atom. The highest BCUT2D eigenvalue weighted by atomic mass is 32.1. The lowest BCUT2D eigenvalue weighted by molar-refractivity contribution is 0.642. The zero-order chi connectivity index (χ0) is 47.5. The lowest BCUT2D eigenvalue weighted by Gasteiger charge is -2.34. The molecule has 6 aromatic heterocycles. The molecule has 0 radical (unpaired) electrons. The highest BCUT2D eigenvalue weighted by Gasteiger charge is 2.55. The molecule has 0 N–H and O–H groups in total. The molecule has 0 atom stereocenters. The van der Waals surface area contributed by atoms with Gasteiger partial charge in [-0.1, -0.05) is 119 Å². The normalized spacial score (nSPS) is 14.2. The highest BCUT2D eigenvalue weighted by molar-refractivity contribution is 7.32. The average Bonchev–Trinajstić information content (AvgIpc) is 4.23. The molecule has 0 fully saturated rings. The molecule has 0 aliphatic heterocycles. The summed E-state index contributed by atoms with van der Waals surface area (Å²) >= 11 is 10.0. The number of hydrogen-bond acceptors (Lipinski definition) is 6. The predicted molar refractivity (Wildman–Crippen MR) is 300 cm³/mol. The summed E-state index contributed by atoms with van der Waals surface area (Å²) in [6.45, 7) is 12.8. The Morgan fingerprint density at radius 2 is 0.657 bits per heavy atom. The number of halogens is 2. The number of thiophene rings is 6. The van der Waals surface area contributed by atoms with E-state index < -0.39 is 10.8 Å². The molecule has 0 saturated heterocycles. The van der Waals surface area contributed by atoms with Crippen LogP contribution in [0.1, 0.15) is 76.5 Å². The molecule has 0 saturated carbocycles. The van der Waals surface area contributed by atoms with Crippen molar-refractivity contribution in [3.8, 4) is 40.4 Å². The first-order valence-electron chi connectivity index (χ1n) is 23.5. The summed E-state index contributed by atoms with van der Waals surface area (Å²) in [6.07, 6.45) is 0. The Morgan fingerprint density at radius 1 is 0.329 bits per heavy atom. The minimum Gasteiger partial charge on any atom is -0.205 e. The Bertz CT molecular complexity index is 3770. The van der Waals surface area contributed by atoms with Crippen LogP contribution in [0.25, 0.3) is 70.0 Å². The van der Waals surface area contributed by atoms with E-state index in [1.165, 1.54) is 9.75 Å². The summed E-state index contributed by atoms with van der Waals surface area (Å²) in [6, 6.07) is 53.2. The van der Waals surface area contributed by atoms with E-state index in [2.05, 4.69) is 187 Å². The molecule has 0 spiro atoms. The molecular weight excluding hydrogens is 975 g/mol. The van der Waals surface area contributed by atoms with Gasteiger partial charge in [0.2, 0.25) is 0 Å². The lowest BCUT2D eigenvalue weighted by Crippen LogP contribution is -2.29. The maximum absolute atomic E-state index is 18.5. The third-order valence-electron chi connectivity index (χ3n) is 14.9. The molecule has 6 heterocycles. The third-order valence-corrected chi connectivity index (χ3v) is 22.2. The SMILES string of the molecule is Cc1ccc(C2(c3ccc(C)cc3)c3cc4cc(-c5ccc(C)s5)sc4c(F)c3-c3sc4c5c(sc4c32)-c2c(cc3cc(-c4ccc(C)s4)sc3c2F)C5(c2ccc(C)cc2)c2ccc(C)cc2)cc1. The Labute approximate surface area is 429 Å². The number of benzene rings is 6. The van der Waals surface area contributed by atoms with Crippen molar-refractivity contribution in [2.75, 3.05) is 0 Å². The van der Waals surface area contributed by atoms with Crippen LogP contribution in [-0.2, 0) is 10.8 Å². The van der Waals surface area contributed by atoms with Gasteiger partial charge in [-0.25, -0.2) is 8.78 Å². The van der Waals surface area contributed by atoms with Crippen LogP contribution in [0, 0.1) is 53.2 Å². The van der Waals surface area contributed by atoms with Crippen molar-refractivity contribution in [3.05, 3.63) is 234 Å². The maximum atomic E-state index is 18.5. The molecule has 6 aromatic carbocycles. The van der Waals surface area contributed by atoms with Gasteiger partial charge in [0.1, 0.15) is 11.6 Å². The van der Waals surface area contributed by atoms with Crippen LogP contribution in [0.2, 0.25) is 0 Å². The van der Waals surface area contributed by atoms with E-state index in [0.717, 1.165) is 116 Å². The van der Waals surface area contributed by atoms with Crippen molar-refractivity contribution in [2.24, 2.45) is 0 Å². The van der Waals surface area contributed by atoms with Crippen LogP contribution in [-0.4, -0.2) is 0 Å². The highest BCUT2D eigenvalue weighted by Crippen LogP contribution is 2.70. The van der Waals surface area contributed by atoms with Crippen LogP contribution in [0.15, 0.2) is 146 Å². The van der Waals surface area contributed by atoms with Gasteiger partial charge in [-0.05, 0) is 134 Å². The first-order chi connectivity index (χ1) is 33.9. The van der Waals surface area contributed by atoms with Gasteiger partial charge in [0.25, 0.3) is 0 Å². The summed E-state index contributed by atoms with van der Waals surface area (Å²) in [7, 11) is 0. The fraction of sp³-hybridized carbons (Fsp3) is 0.129. The molecule has 12 aromatic rings. The first-order valence-corrected chi connectivity index (χ1v) is 28.4. The van der Waals surface area contributed by atoms with Gasteiger partial charge in [0.15, 0.2) is 0 Å². The first kappa shape index (κ1) is 43.0. The standard InChI is InChI=1S/C62H42F2S6/c1-31-7-17-39(18-8-31)61(40-19-9-32(2)10-20-40)43-27-37-29-47(45-25-15-35(5)65-45)67-55(37)53(63)49(43)57-51(61)59-60(69-57)52-58(70-59)50-44(28-38-30-48(68-56(38)54(50)64)46-26-16-36(6)66-46)62(52,41-21-11-33(3)12-22-41)42-23-13-34(4)14-24-42/h7-30H,1-6H3. The van der Waals surface area contributed by atoms with E-state index in [9.17, 15) is 0 Å².